The molecule has 0 aromatic heterocycles. The Kier molecular flexibility index (Phi) is 7.63. The molecule has 0 saturated heterocycles. The Bertz CT molecular complexity index is 1000. The van der Waals surface area contributed by atoms with E-state index in [1.165, 1.54) is 12.1 Å². The van der Waals surface area contributed by atoms with Gasteiger partial charge in [-0.2, -0.15) is 0 Å². The molecule has 3 atom stereocenters. The van der Waals surface area contributed by atoms with Crippen LogP contribution in [0.2, 0.25) is 0 Å². The van der Waals surface area contributed by atoms with Crippen molar-refractivity contribution < 1.29 is 37.0 Å². The van der Waals surface area contributed by atoms with E-state index in [2.05, 4.69) is 10.1 Å². The maximum atomic E-state index is 12.7. The SMILES string of the molecule is CCOC(=O)[C@H](c1cccc(OC)c1)[C@@H]1C=C[C@H](NC(=O)c2ccc(OC(F)(F)F)cc2)C1. The lowest BCUT2D eigenvalue weighted by atomic mass is 9.85. The fraction of sp³-hybridized carbons (Fsp3) is 0.333. The highest BCUT2D eigenvalue weighted by atomic mass is 19.4. The molecule has 176 valence electrons. The van der Waals surface area contributed by atoms with Crippen molar-refractivity contribution in [1.29, 1.82) is 0 Å². The lowest BCUT2D eigenvalue weighted by molar-refractivity contribution is -0.274. The van der Waals surface area contributed by atoms with Gasteiger partial charge >= 0.3 is 12.3 Å². The Morgan fingerprint density at radius 2 is 1.82 bits per heavy atom. The molecule has 0 radical (unpaired) electrons. The number of hydrogen-bond donors (Lipinski definition) is 1. The number of allylic oxidation sites excluding steroid dienone is 1. The van der Waals surface area contributed by atoms with Crippen LogP contribution >= 0.6 is 0 Å². The smallest absolute Gasteiger partial charge is 0.497 e. The fourth-order valence-corrected chi connectivity index (χ4v) is 3.77. The predicted octanol–water partition coefficient (Wildman–Crippen LogP) is 4.62. The van der Waals surface area contributed by atoms with E-state index < -0.39 is 23.9 Å². The number of rotatable bonds is 8. The summed E-state index contributed by atoms with van der Waals surface area (Å²) in [7, 11) is 1.54. The summed E-state index contributed by atoms with van der Waals surface area (Å²) in [6.45, 7) is 1.98. The van der Waals surface area contributed by atoms with Gasteiger partial charge in [-0.1, -0.05) is 24.3 Å². The summed E-state index contributed by atoms with van der Waals surface area (Å²) >= 11 is 0. The van der Waals surface area contributed by atoms with Crippen LogP contribution in [0, 0.1) is 5.92 Å². The molecule has 0 saturated carbocycles. The number of ether oxygens (including phenoxy) is 3. The average molecular weight is 463 g/mol. The highest BCUT2D eigenvalue weighted by Gasteiger charge is 2.35. The third-order valence-electron chi connectivity index (χ3n) is 5.20. The molecule has 0 bridgehead atoms. The third kappa shape index (κ3) is 6.50. The van der Waals surface area contributed by atoms with Gasteiger partial charge in [-0.05, 0) is 61.2 Å². The maximum Gasteiger partial charge on any atom is 0.573 e. The van der Waals surface area contributed by atoms with Crippen LogP contribution in [0.3, 0.4) is 0 Å². The van der Waals surface area contributed by atoms with E-state index in [4.69, 9.17) is 9.47 Å². The minimum absolute atomic E-state index is 0.191. The first-order chi connectivity index (χ1) is 15.7. The molecule has 1 N–H and O–H groups in total. The van der Waals surface area contributed by atoms with Gasteiger partial charge in [-0.25, -0.2) is 0 Å². The van der Waals surface area contributed by atoms with Crippen molar-refractivity contribution in [2.45, 2.75) is 31.7 Å². The van der Waals surface area contributed by atoms with Gasteiger partial charge in [0.2, 0.25) is 0 Å². The molecule has 0 heterocycles. The molecular formula is C24H24F3NO5. The van der Waals surface area contributed by atoms with Gasteiger partial charge in [-0.15, -0.1) is 13.2 Å². The van der Waals surface area contributed by atoms with Crippen LogP contribution in [0.25, 0.3) is 0 Å². The number of carbonyl (C=O) groups excluding carboxylic acids is 2. The lowest BCUT2D eigenvalue weighted by Crippen LogP contribution is -2.33. The molecule has 9 heteroatoms. The van der Waals surface area contributed by atoms with Crippen LogP contribution in [0.5, 0.6) is 11.5 Å². The molecule has 0 fully saturated rings. The van der Waals surface area contributed by atoms with E-state index in [1.54, 1.807) is 38.3 Å². The van der Waals surface area contributed by atoms with Crippen LogP contribution in [-0.2, 0) is 9.53 Å². The van der Waals surface area contributed by atoms with E-state index in [-0.39, 0.29) is 30.1 Å². The summed E-state index contributed by atoms with van der Waals surface area (Å²) in [5.74, 6) is -1.39. The summed E-state index contributed by atoms with van der Waals surface area (Å²) in [6.07, 6.45) is -0.671. The van der Waals surface area contributed by atoms with Crippen LogP contribution in [-0.4, -0.2) is 38.0 Å². The van der Waals surface area contributed by atoms with E-state index in [1.807, 2.05) is 12.1 Å². The molecule has 0 spiro atoms. The molecular weight excluding hydrogens is 439 g/mol. The largest absolute Gasteiger partial charge is 0.573 e. The Hall–Kier alpha value is -3.49. The van der Waals surface area contributed by atoms with Gasteiger partial charge in [0.05, 0.1) is 19.6 Å². The number of amides is 1. The summed E-state index contributed by atoms with van der Waals surface area (Å²) in [5, 5.41) is 2.83. The van der Waals surface area contributed by atoms with E-state index in [0.29, 0.717) is 12.2 Å². The van der Waals surface area contributed by atoms with Gasteiger partial charge in [0.1, 0.15) is 11.5 Å². The van der Waals surface area contributed by atoms with Crippen molar-refractivity contribution in [1.82, 2.24) is 5.32 Å². The van der Waals surface area contributed by atoms with E-state index in [9.17, 15) is 22.8 Å². The van der Waals surface area contributed by atoms with Gasteiger partial charge in [-0.3, -0.25) is 9.59 Å². The zero-order valence-corrected chi connectivity index (χ0v) is 18.1. The summed E-state index contributed by atoms with van der Waals surface area (Å²) in [5.41, 5.74) is 0.936. The third-order valence-corrected chi connectivity index (χ3v) is 5.20. The highest BCUT2D eigenvalue weighted by molar-refractivity contribution is 5.94. The van der Waals surface area contributed by atoms with Crippen molar-refractivity contribution >= 4 is 11.9 Å². The first kappa shape index (κ1) is 24.2. The Morgan fingerprint density at radius 1 is 1.09 bits per heavy atom. The van der Waals surface area contributed by atoms with E-state index >= 15 is 0 Å². The molecule has 3 rings (SSSR count). The number of methoxy groups -OCH3 is 1. The maximum absolute atomic E-state index is 12.7. The average Bonchev–Trinajstić information content (AvgIpc) is 3.21. The van der Waals surface area contributed by atoms with Gasteiger partial charge in [0.15, 0.2) is 0 Å². The molecule has 1 aliphatic carbocycles. The number of halogens is 3. The van der Waals surface area contributed by atoms with Gasteiger partial charge in [0.25, 0.3) is 5.91 Å². The van der Waals surface area contributed by atoms with Gasteiger partial charge < -0.3 is 19.5 Å². The Labute approximate surface area is 189 Å². The Balaban J connectivity index is 1.67. The molecule has 1 aliphatic rings. The summed E-state index contributed by atoms with van der Waals surface area (Å²) in [4.78, 5) is 25.3. The zero-order chi connectivity index (χ0) is 24.0. The first-order valence-electron chi connectivity index (χ1n) is 10.4. The molecule has 0 unspecified atom stereocenters. The number of alkyl halides is 3. The van der Waals surface area contributed by atoms with Gasteiger partial charge in [0, 0.05) is 11.6 Å². The van der Waals surface area contributed by atoms with Crippen molar-refractivity contribution in [3.05, 3.63) is 71.8 Å². The summed E-state index contributed by atoms with van der Waals surface area (Å²) < 4.78 is 51.2. The van der Waals surface area contributed by atoms with Crippen molar-refractivity contribution in [3.8, 4) is 11.5 Å². The first-order valence-corrected chi connectivity index (χ1v) is 10.4. The summed E-state index contributed by atoms with van der Waals surface area (Å²) in [6, 6.07) is 11.5. The number of carbonyl (C=O) groups is 2. The van der Waals surface area contributed by atoms with Crippen molar-refractivity contribution in [3.63, 3.8) is 0 Å². The second kappa shape index (κ2) is 10.4. The van der Waals surface area contributed by atoms with Crippen molar-refractivity contribution in [2.75, 3.05) is 13.7 Å². The molecule has 33 heavy (non-hydrogen) atoms. The van der Waals surface area contributed by atoms with Crippen LogP contribution in [0.15, 0.2) is 60.7 Å². The van der Waals surface area contributed by atoms with Crippen LogP contribution in [0.1, 0.15) is 35.2 Å². The van der Waals surface area contributed by atoms with Crippen LogP contribution in [0.4, 0.5) is 13.2 Å². The van der Waals surface area contributed by atoms with Crippen LogP contribution < -0.4 is 14.8 Å². The number of benzene rings is 2. The molecule has 1 amide bonds. The second-order valence-corrected chi connectivity index (χ2v) is 7.44. The molecule has 0 aliphatic heterocycles. The molecule has 6 nitrogen and oxygen atoms in total. The quantitative estimate of drug-likeness (QED) is 0.457. The number of nitrogens with one attached hydrogen (secondary N) is 1. The number of esters is 1. The normalized spacial score (nSPS) is 18.5. The minimum Gasteiger partial charge on any atom is -0.497 e. The monoisotopic (exact) mass is 463 g/mol. The number of hydrogen-bond acceptors (Lipinski definition) is 5. The Morgan fingerprint density at radius 3 is 2.45 bits per heavy atom. The van der Waals surface area contributed by atoms with Crippen molar-refractivity contribution in [2.24, 2.45) is 5.92 Å². The second-order valence-electron chi connectivity index (χ2n) is 7.44. The lowest BCUT2D eigenvalue weighted by Gasteiger charge is -2.23. The predicted molar refractivity (Wildman–Crippen MR) is 114 cm³/mol. The molecule has 2 aromatic rings. The van der Waals surface area contributed by atoms with E-state index in [0.717, 1.165) is 17.7 Å². The highest BCUT2D eigenvalue weighted by Crippen LogP contribution is 2.36. The zero-order valence-electron chi connectivity index (χ0n) is 18.1. The molecule has 2 aromatic carbocycles. The standard InChI is InChI=1S/C24H24F3NO5/c1-3-32-23(30)21(16-5-4-6-20(14-16)31-2)17-7-10-18(13-17)28-22(29)15-8-11-19(12-9-15)33-24(25,26)27/h4-12,14,17-18,21H,3,13H2,1-2H3,(H,28,29)/t17-,18+,21-/m1/s1. The fourth-order valence-electron chi connectivity index (χ4n) is 3.77. The topological polar surface area (TPSA) is 73.9 Å². The minimum atomic E-state index is -4.80.